The maximum Gasteiger partial charge on any atom is 0.338 e. The van der Waals surface area contributed by atoms with Crippen molar-refractivity contribution in [2.75, 3.05) is 29.9 Å². The molecule has 0 aliphatic carbocycles. The average molecular weight is 503 g/mol. The Labute approximate surface area is 203 Å². The van der Waals surface area contributed by atoms with E-state index >= 15 is 0 Å². The predicted molar refractivity (Wildman–Crippen MR) is 130 cm³/mol. The van der Waals surface area contributed by atoms with Gasteiger partial charge in [0.2, 0.25) is 0 Å². The Balaban J connectivity index is 1.55. The van der Waals surface area contributed by atoms with Crippen LogP contribution in [0.15, 0.2) is 77.7 Å². The monoisotopic (exact) mass is 502 g/mol. The molecule has 0 saturated carbocycles. The van der Waals surface area contributed by atoms with Crippen LogP contribution in [-0.4, -0.2) is 40.6 Å². The molecule has 0 radical (unpaired) electrons. The highest BCUT2D eigenvalue weighted by Gasteiger charge is 2.21. The topological polar surface area (TPSA) is 102 Å². The smallest absolute Gasteiger partial charge is 0.338 e. The number of esters is 1. The molecule has 0 atom stereocenters. The molecule has 1 N–H and O–H groups in total. The van der Waals surface area contributed by atoms with Crippen molar-refractivity contribution in [3.05, 3.63) is 83.4 Å². The number of anilines is 2. The third kappa shape index (κ3) is 6.27. The van der Waals surface area contributed by atoms with Gasteiger partial charge in [-0.15, -0.1) is 0 Å². The van der Waals surface area contributed by atoms with E-state index in [0.717, 1.165) is 4.31 Å². The van der Waals surface area contributed by atoms with E-state index in [4.69, 9.17) is 21.1 Å². The molecular formula is C24H23ClN2O6S. The van der Waals surface area contributed by atoms with Gasteiger partial charge in [0, 0.05) is 17.8 Å². The highest BCUT2D eigenvalue weighted by atomic mass is 35.5. The van der Waals surface area contributed by atoms with Gasteiger partial charge in [-0.05, 0) is 79.7 Å². The summed E-state index contributed by atoms with van der Waals surface area (Å²) in [5.74, 6) is -0.428. The second kappa shape index (κ2) is 11.0. The van der Waals surface area contributed by atoms with Crippen LogP contribution in [0.4, 0.5) is 11.4 Å². The third-order valence-electron chi connectivity index (χ3n) is 4.72. The fourth-order valence-corrected chi connectivity index (χ4v) is 4.23. The number of ether oxygens (including phenoxy) is 2. The van der Waals surface area contributed by atoms with E-state index in [1.165, 1.54) is 31.3 Å². The number of benzene rings is 3. The summed E-state index contributed by atoms with van der Waals surface area (Å²) in [5.41, 5.74) is 1.32. The first-order valence-corrected chi connectivity index (χ1v) is 12.1. The van der Waals surface area contributed by atoms with Crippen molar-refractivity contribution in [2.24, 2.45) is 0 Å². The van der Waals surface area contributed by atoms with Crippen molar-refractivity contribution in [3.63, 3.8) is 0 Å². The first-order valence-electron chi connectivity index (χ1n) is 10.2. The van der Waals surface area contributed by atoms with E-state index in [9.17, 15) is 18.0 Å². The number of nitrogens with one attached hydrogen (secondary N) is 1. The van der Waals surface area contributed by atoms with Gasteiger partial charge >= 0.3 is 5.97 Å². The van der Waals surface area contributed by atoms with Gasteiger partial charge in [-0.25, -0.2) is 13.2 Å². The standard InChI is InChI=1S/C24H23ClN2O6S/c1-3-32-24(29)17-4-8-19(9-5-17)26-23(28)16-33-21-12-10-20(11-13-21)27(2)34(30,31)22-14-6-18(25)7-15-22/h4-15H,3,16H2,1-2H3,(H,26,28). The molecule has 0 bridgehead atoms. The van der Waals surface area contributed by atoms with Crippen molar-refractivity contribution in [1.29, 1.82) is 0 Å². The molecule has 0 spiro atoms. The van der Waals surface area contributed by atoms with Crippen LogP contribution in [-0.2, 0) is 19.6 Å². The fourth-order valence-electron chi connectivity index (χ4n) is 2.91. The van der Waals surface area contributed by atoms with Crippen LogP contribution in [0.25, 0.3) is 0 Å². The molecule has 0 fully saturated rings. The van der Waals surface area contributed by atoms with Gasteiger partial charge in [-0.1, -0.05) is 11.6 Å². The number of nitrogens with zero attached hydrogens (tertiary/aromatic N) is 1. The molecule has 0 heterocycles. The van der Waals surface area contributed by atoms with Gasteiger partial charge in [0.1, 0.15) is 5.75 Å². The molecule has 0 aromatic heterocycles. The second-order valence-electron chi connectivity index (χ2n) is 7.06. The molecule has 0 unspecified atom stereocenters. The zero-order valence-corrected chi connectivity index (χ0v) is 20.1. The Bertz CT molecular complexity index is 1240. The maximum absolute atomic E-state index is 12.8. The minimum Gasteiger partial charge on any atom is -0.484 e. The quantitative estimate of drug-likeness (QED) is 0.436. The SMILES string of the molecule is CCOC(=O)c1ccc(NC(=O)COc2ccc(N(C)S(=O)(=O)c3ccc(Cl)cc3)cc2)cc1. The Morgan fingerprint density at radius 2 is 1.56 bits per heavy atom. The van der Waals surface area contributed by atoms with Crippen LogP contribution < -0.4 is 14.4 Å². The first-order chi connectivity index (χ1) is 16.2. The fraction of sp³-hybridized carbons (Fsp3) is 0.167. The summed E-state index contributed by atoms with van der Waals surface area (Å²) < 4.78 is 37.1. The summed E-state index contributed by atoms with van der Waals surface area (Å²) in [5, 5.41) is 3.11. The molecule has 3 aromatic rings. The molecule has 0 aliphatic rings. The molecule has 178 valence electrons. The van der Waals surface area contributed by atoms with Crippen molar-refractivity contribution in [2.45, 2.75) is 11.8 Å². The number of rotatable bonds is 9. The lowest BCUT2D eigenvalue weighted by Gasteiger charge is -2.20. The number of carbonyl (C=O) groups is 2. The molecule has 3 aromatic carbocycles. The summed E-state index contributed by atoms with van der Waals surface area (Å²) in [6.45, 7) is 1.75. The summed E-state index contributed by atoms with van der Waals surface area (Å²) in [4.78, 5) is 24.0. The number of amides is 1. The average Bonchev–Trinajstić information content (AvgIpc) is 2.83. The molecule has 0 aliphatic heterocycles. The van der Waals surface area contributed by atoms with Crippen LogP contribution >= 0.6 is 11.6 Å². The molecule has 34 heavy (non-hydrogen) atoms. The van der Waals surface area contributed by atoms with E-state index in [0.29, 0.717) is 27.7 Å². The zero-order valence-electron chi connectivity index (χ0n) is 18.5. The van der Waals surface area contributed by atoms with Crippen molar-refractivity contribution in [3.8, 4) is 5.75 Å². The van der Waals surface area contributed by atoms with Crippen molar-refractivity contribution in [1.82, 2.24) is 0 Å². The maximum atomic E-state index is 12.8. The van der Waals surface area contributed by atoms with E-state index < -0.39 is 21.9 Å². The summed E-state index contributed by atoms with van der Waals surface area (Å²) >= 11 is 5.83. The zero-order chi connectivity index (χ0) is 24.7. The van der Waals surface area contributed by atoms with Gasteiger partial charge in [0.05, 0.1) is 22.8 Å². The van der Waals surface area contributed by atoms with Gasteiger partial charge in [0.15, 0.2) is 6.61 Å². The Morgan fingerprint density at radius 1 is 0.941 bits per heavy atom. The van der Waals surface area contributed by atoms with Gasteiger partial charge in [0.25, 0.3) is 15.9 Å². The molecule has 10 heteroatoms. The number of halogens is 1. The van der Waals surface area contributed by atoms with Crippen molar-refractivity contribution < 1.29 is 27.5 Å². The minimum absolute atomic E-state index is 0.117. The summed E-state index contributed by atoms with van der Waals surface area (Å²) in [6, 6.07) is 18.5. The molecule has 0 saturated heterocycles. The molecule has 1 amide bonds. The van der Waals surface area contributed by atoms with Crippen LogP contribution in [0, 0.1) is 0 Å². The van der Waals surface area contributed by atoms with E-state index in [1.807, 2.05) is 0 Å². The predicted octanol–water partition coefficient (Wildman–Crippen LogP) is 4.36. The van der Waals surface area contributed by atoms with Crippen LogP contribution in [0.5, 0.6) is 5.75 Å². The largest absolute Gasteiger partial charge is 0.484 e. The van der Waals surface area contributed by atoms with Crippen molar-refractivity contribution >= 4 is 44.9 Å². The van der Waals surface area contributed by atoms with E-state index in [2.05, 4.69) is 5.32 Å². The summed E-state index contributed by atoms with van der Waals surface area (Å²) in [6.07, 6.45) is 0. The van der Waals surface area contributed by atoms with Crippen LogP contribution in [0.1, 0.15) is 17.3 Å². The first kappa shape index (κ1) is 25.1. The Hall–Kier alpha value is -3.56. The Morgan fingerprint density at radius 3 is 2.15 bits per heavy atom. The lowest BCUT2D eigenvalue weighted by atomic mass is 10.2. The molecular weight excluding hydrogens is 480 g/mol. The van der Waals surface area contributed by atoms with Gasteiger partial charge in [-0.2, -0.15) is 0 Å². The second-order valence-corrected chi connectivity index (χ2v) is 9.46. The number of carbonyl (C=O) groups excluding carboxylic acids is 2. The highest BCUT2D eigenvalue weighted by molar-refractivity contribution is 7.92. The normalized spacial score (nSPS) is 10.9. The number of hydrogen-bond donors (Lipinski definition) is 1. The third-order valence-corrected chi connectivity index (χ3v) is 6.77. The molecule has 8 nitrogen and oxygen atoms in total. The molecule has 3 rings (SSSR count). The van der Waals surface area contributed by atoms with Crippen LogP contribution in [0.2, 0.25) is 5.02 Å². The Kier molecular flexibility index (Phi) is 8.14. The van der Waals surface area contributed by atoms with E-state index in [1.54, 1.807) is 55.5 Å². The lowest BCUT2D eigenvalue weighted by molar-refractivity contribution is -0.118. The van der Waals surface area contributed by atoms with E-state index in [-0.39, 0.29) is 18.1 Å². The summed E-state index contributed by atoms with van der Waals surface area (Å²) in [7, 11) is -2.31. The number of hydrogen-bond acceptors (Lipinski definition) is 6. The minimum atomic E-state index is -3.75. The van der Waals surface area contributed by atoms with Gasteiger partial charge < -0.3 is 14.8 Å². The highest BCUT2D eigenvalue weighted by Crippen LogP contribution is 2.25. The van der Waals surface area contributed by atoms with Crippen LogP contribution in [0.3, 0.4) is 0 Å². The van der Waals surface area contributed by atoms with Gasteiger partial charge in [-0.3, -0.25) is 9.10 Å². The lowest BCUT2D eigenvalue weighted by Crippen LogP contribution is -2.26. The number of sulfonamides is 1.